The third kappa shape index (κ3) is 4.50. The van der Waals surface area contributed by atoms with Gasteiger partial charge in [0.25, 0.3) is 5.89 Å². The molecule has 7 heteroatoms. The van der Waals surface area contributed by atoms with Crippen LogP contribution in [0.25, 0.3) is 11.5 Å². The van der Waals surface area contributed by atoms with Crippen LogP contribution in [0.5, 0.6) is 0 Å². The van der Waals surface area contributed by atoms with Crippen molar-refractivity contribution < 1.29 is 18.7 Å². The summed E-state index contributed by atoms with van der Waals surface area (Å²) in [5.74, 6) is -0.107. The van der Waals surface area contributed by atoms with Crippen molar-refractivity contribution in [2.24, 2.45) is 5.92 Å². The van der Waals surface area contributed by atoms with Crippen LogP contribution >= 0.6 is 0 Å². The smallest absolute Gasteiger partial charge is 0.311 e. The number of carbonyl (C=O) groups is 2. The highest BCUT2D eigenvalue weighted by Gasteiger charge is 2.37. The number of rotatable bonds is 7. The van der Waals surface area contributed by atoms with E-state index in [0.717, 1.165) is 23.2 Å². The van der Waals surface area contributed by atoms with Crippen LogP contribution < -0.4 is 4.90 Å². The van der Waals surface area contributed by atoms with E-state index in [1.807, 2.05) is 54.6 Å². The first-order valence-corrected chi connectivity index (χ1v) is 10.5. The van der Waals surface area contributed by atoms with E-state index in [1.165, 1.54) is 0 Å². The fourth-order valence-electron chi connectivity index (χ4n) is 3.73. The van der Waals surface area contributed by atoms with Crippen molar-refractivity contribution in [2.75, 3.05) is 11.4 Å². The van der Waals surface area contributed by atoms with Gasteiger partial charge in [-0.2, -0.15) is 0 Å². The number of hydrogen-bond acceptors (Lipinski definition) is 6. The number of amides is 1. The van der Waals surface area contributed by atoms with Crippen LogP contribution in [-0.4, -0.2) is 28.6 Å². The molecule has 2 atom stereocenters. The Hall–Kier alpha value is -3.48. The van der Waals surface area contributed by atoms with Crippen LogP contribution in [0.2, 0.25) is 0 Å². The topological polar surface area (TPSA) is 85.5 Å². The van der Waals surface area contributed by atoms with Gasteiger partial charge in [-0.1, -0.05) is 50.2 Å². The average molecular weight is 419 g/mol. The summed E-state index contributed by atoms with van der Waals surface area (Å²) in [5, 5.41) is 7.93. The molecule has 160 valence electrons. The van der Waals surface area contributed by atoms with Crippen LogP contribution in [0.15, 0.2) is 59.0 Å². The molecule has 2 aromatic carbocycles. The van der Waals surface area contributed by atoms with Crippen molar-refractivity contribution in [3.63, 3.8) is 0 Å². The first-order valence-electron chi connectivity index (χ1n) is 10.5. The van der Waals surface area contributed by atoms with E-state index in [9.17, 15) is 9.59 Å². The van der Waals surface area contributed by atoms with Crippen molar-refractivity contribution in [3.05, 3.63) is 66.1 Å². The zero-order valence-electron chi connectivity index (χ0n) is 17.7. The molecule has 0 N–H and O–H groups in total. The minimum Gasteiger partial charge on any atom is -0.455 e. The average Bonchev–Trinajstić information content (AvgIpc) is 3.44. The van der Waals surface area contributed by atoms with E-state index in [-0.39, 0.29) is 24.8 Å². The molecule has 0 aliphatic carbocycles. The number of anilines is 1. The maximum Gasteiger partial charge on any atom is 0.311 e. The Balaban J connectivity index is 1.39. The van der Waals surface area contributed by atoms with Crippen LogP contribution in [-0.2, 0) is 20.9 Å². The van der Waals surface area contributed by atoms with Gasteiger partial charge in [0.15, 0.2) is 6.61 Å². The molecular weight excluding hydrogens is 394 g/mol. The number of ether oxygens (including phenoxy) is 1. The summed E-state index contributed by atoms with van der Waals surface area (Å²) < 4.78 is 11.0. The lowest BCUT2D eigenvalue weighted by molar-refractivity contribution is -0.150. The van der Waals surface area contributed by atoms with Crippen LogP contribution in [0.3, 0.4) is 0 Å². The SMILES string of the molecule is CC[C@@H](C)c1ccccc1N1C[C@H](C(=O)OCc2nnc(-c3ccccc3)o2)CC1=O. The predicted molar refractivity (Wildman–Crippen MR) is 115 cm³/mol. The molecule has 1 aromatic heterocycles. The van der Waals surface area contributed by atoms with Gasteiger partial charge < -0.3 is 14.1 Å². The Morgan fingerprint density at radius 2 is 1.90 bits per heavy atom. The number of benzene rings is 2. The standard InChI is InChI=1S/C24H25N3O4/c1-3-16(2)19-11-7-8-12-20(19)27-14-18(13-22(27)28)24(29)30-15-21-25-26-23(31-21)17-9-5-4-6-10-17/h4-12,16,18H,3,13-15H2,1-2H3/t16-,18-/m1/s1. The molecule has 0 radical (unpaired) electrons. The summed E-state index contributed by atoms with van der Waals surface area (Å²) in [4.78, 5) is 27.0. The second-order valence-corrected chi connectivity index (χ2v) is 7.75. The Morgan fingerprint density at radius 3 is 2.68 bits per heavy atom. The van der Waals surface area contributed by atoms with E-state index in [1.54, 1.807) is 4.90 Å². The molecule has 1 fully saturated rings. The highest BCUT2D eigenvalue weighted by Crippen LogP contribution is 2.33. The minimum absolute atomic E-state index is 0.0677. The normalized spacial score (nSPS) is 17.0. The number of esters is 1. The lowest BCUT2D eigenvalue weighted by atomic mass is 9.96. The lowest BCUT2D eigenvalue weighted by Gasteiger charge is -2.23. The fraction of sp³-hybridized carbons (Fsp3) is 0.333. The molecule has 0 spiro atoms. The molecule has 1 aliphatic rings. The third-order valence-electron chi connectivity index (χ3n) is 5.65. The Bertz CT molecular complexity index is 1060. The van der Waals surface area contributed by atoms with Gasteiger partial charge in [0.1, 0.15) is 0 Å². The summed E-state index contributed by atoms with van der Waals surface area (Å²) >= 11 is 0. The summed E-state index contributed by atoms with van der Waals surface area (Å²) in [6.07, 6.45) is 1.10. The van der Waals surface area contributed by atoms with E-state index in [2.05, 4.69) is 24.0 Å². The summed E-state index contributed by atoms with van der Waals surface area (Å²) in [5.41, 5.74) is 2.79. The number of nitrogens with zero attached hydrogens (tertiary/aromatic N) is 3. The van der Waals surface area contributed by atoms with E-state index >= 15 is 0 Å². The van der Waals surface area contributed by atoms with Gasteiger partial charge in [-0.05, 0) is 36.1 Å². The highest BCUT2D eigenvalue weighted by molar-refractivity contribution is 6.00. The van der Waals surface area contributed by atoms with Gasteiger partial charge in [-0.3, -0.25) is 9.59 Å². The zero-order valence-corrected chi connectivity index (χ0v) is 17.7. The van der Waals surface area contributed by atoms with Crippen LogP contribution in [0.1, 0.15) is 44.1 Å². The van der Waals surface area contributed by atoms with Gasteiger partial charge in [0.05, 0.1) is 5.92 Å². The van der Waals surface area contributed by atoms with Crippen LogP contribution in [0, 0.1) is 5.92 Å². The van der Waals surface area contributed by atoms with E-state index < -0.39 is 11.9 Å². The number of aromatic nitrogens is 2. The largest absolute Gasteiger partial charge is 0.455 e. The second kappa shape index (κ2) is 9.12. The molecule has 1 aliphatic heterocycles. The van der Waals surface area contributed by atoms with Crippen molar-refractivity contribution in [3.8, 4) is 11.5 Å². The van der Waals surface area contributed by atoms with Gasteiger partial charge >= 0.3 is 5.97 Å². The first kappa shape index (κ1) is 20.8. The Morgan fingerprint density at radius 1 is 1.16 bits per heavy atom. The molecular formula is C24H25N3O4. The van der Waals surface area contributed by atoms with Crippen molar-refractivity contribution >= 4 is 17.6 Å². The summed E-state index contributed by atoms with van der Waals surface area (Å²) in [7, 11) is 0. The third-order valence-corrected chi connectivity index (χ3v) is 5.65. The Labute approximate surface area is 181 Å². The maximum absolute atomic E-state index is 12.7. The van der Waals surface area contributed by atoms with E-state index in [4.69, 9.17) is 9.15 Å². The summed E-state index contributed by atoms with van der Waals surface area (Å²) in [6.45, 7) is 4.45. The minimum atomic E-state index is -0.519. The molecule has 1 saturated heterocycles. The van der Waals surface area contributed by atoms with Gasteiger partial charge in [0.2, 0.25) is 11.8 Å². The van der Waals surface area contributed by atoms with Crippen molar-refractivity contribution in [1.29, 1.82) is 0 Å². The first-order chi connectivity index (χ1) is 15.1. The molecule has 0 unspecified atom stereocenters. The molecule has 0 bridgehead atoms. The molecule has 2 heterocycles. The molecule has 3 aromatic rings. The van der Waals surface area contributed by atoms with Crippen molar-refractivity contribution in [1.82, 2.24) is 10.2 Å². The zero-order chi connectivity index (χ0) is 21.8. The summed E-state index contributed by atoms with van der Waals surface area (Å²) in [6, 6.07) is 17.3. The van der Waals surface area contributed by atoms with Gasteiger partial charge in [-0.25, -0.2) is 0 Å². The highest BCUT2D eigenvalue weighted by atomic mass is 16.5. The van der Waals surface area contributed by atoms with Crippen molar-refractivity contribution in [2.45, 2.75) is 39.2 Å². The molecule has 4 rings (SSSR count). The number of para-hydroxylation sites is 1. The maximum atomic E-state index is 12.7. The predicted octanol–water partition coefficient (Wildman–Crippen LogP) is 4.35. The van der Waals surface area contributed by atoms with Crippen LogP contribution in [0.4, 0.5) is 5.69 Å². The molecule has 7 nitrogen and oxygen atoms in total. The quantitative estimate of drug-likeness (QED) is 0.530. The fourth-order valence-corrected chi connectivity index (χ4v) is 3.73. The van der Waals surface area contributed by atoms with Gasteiger partial charge in [-0.15, -0.1) is 10.2 Å². The molecule has 31 heavy (non-hydrogen) atoms. The van der Waals surface area contributed by atoms with Gasteiger partial charge in [0, 0.05) is 24.2 Å². The van der Waals surface area contributed by atoms with E-state index in [0.29, 0.717) is 18.4 Å². The molecule has 1 amide bonds. The lowest BCUT2D eigenvalue weighted by Crippen LogP contribution is -2.27. The molecule has 0 saturated carbocycles. The monoisotopic (exact) mass is 419 g/mol. The Kier molecular flexibility index (Phi) is 6.11. The second-order valence-electron chi connectivity index (χ2n) is 7.75. The number of carbonyl (C=O) groups excluding carboxylic acids is 2. The number of hydrogen-bond donors (Lipinski definition) is 0.